The second kappa shape index (κ2) is 10.0. The van der Waals surface area contributed by atoms with Gasteiger partial charge in [0, 0.05) is 31.0 Å². The van der Waals surface area contributed by atoms with Gasteiger partial charge >= 0.3 is 5.97 Å². The van der Waals surface area contributed by atoms with E-state index in [1.54, 1.807) is 24.3 Å². The fourth-order valence-corrected chi connectivity index (χ4v) is 4.91. The summed E-state index contributed by atoms with van der Waals surface area (Å²) < 4.78 is 10.5. The molecule has 1 N–H and O–H groups in total. The second-order valence-corrected chi connectivity index (χ2v) is 9.47. The van der Waals surface area contributed by atoms with Gasteiger partial charge in [0.25, 0.3) is 11.7 Å². The number of amides is 1. The van der Waals surface area contributed by atoms with Gasteiger partial charge in [-0.15, -0.1) is 0 Å². The monoisotopic (exact) mass is 512 g/mol. The molecule has 0 bridgehead atoms. The number of ether oxygens (including phenoxy) is 2. The average Bonchev–Trinajstić information content (AvgIpc) is 3.21. The number of hydrogen-bond donors (Lipinski definition) is 1. The van der Waals surface area contributed by atoms with Crippen molar-refractivity contribution in [2.45, 2.75) is 18.9 Å². The lowest BCUT2D eigenvalue weighted by atomic mass is 9.93. The van der Waals surface area contributed by atoms with Crippen LogP contribution in [0.4, 0.5) is 11.4 Å². The molecule has 38 heavy (non-hydrogen) atoms. The van der Waals surface area contributed by atoms with Crippen LogP contribution in [0, 0.1) is 0 Å². The van der Waals surface area contributed by atoms with E-state index in [1.165, 1.54) is 24.1 Å². The molecule has 1 atom stereocenters. The van der Waals surface area contributed by atoms with Crippen molar-refractivity contribution in [2.24, 2.45) is 0 Å². The van der Waals surface area contributed by atoms with Crippen LogP contribution in [0.15, 0.2) is 72.3 Å². The van der Waals surface area contributed by atoms with Gasteiger partial charge < -0.3 is 19.5 Å². The highest BCUT2D eigenvalue weighted by Gasteiger charge is 2.47. The van der Waals surface area contributed by atoms with Crippen molar-refractivity contribution in [3.8, 4) is 5.75 Å². The molecule has 3 aromatic carbocycles. The van der Waals surface area contributed by atoms with E-state index in [1.807, 2.05) is 49.3 Å². The lowest BCUT2D eigenvalue weighted by Crippen LogP contribution is -2.29. The van der Waals surface area contributed by atoms with E-state index in [0.717, 1.165) is 29.8 Å². The molecule has 2 aliphatic heterocycles. The minimum atomic E-state index is -0.873. The number of esters is 1. The van der Waals surface area contributed by atoms with Crippen LogP contribution >= 0.6 is 0 Å². The number of anilines is 2. The number of carbonyl (C=O) groups is 3. The minimum Gasteiger partial charge on any atom is -0.507 e. The number of aryl methyl sites for hydroxylation is 1. The maximum absolute atomic E-state index is 13.5. The van der Waals surface area contributed by atoms with Crippen LogP contribution < -0.4 is 14.5 Å². The zero-order chi connectivity index (χ0) is 27.0. The Balaban J connectivity index is 1.65. The third-order valence-electron chi connectivity index (χ3n) is 6.92. The minimum absolute atomic E-state index is 0.00123. The lowest BCUT2D eigenvalue weighted by Gasteiger charge is -2.26. The largest absolute Gasteiger partial charge is 0.507 e. The number of aliphatic hydroxyl groups is 1. The van der Waals surface area contributed by atoms with E-state index in [2.05, 4.69) is 0 Å². The number of ketones is 1. The number of fused-ring (bicyclic) bond motifs is 1. The maximum atomic E-state index is 13.5. The molecule has 8 heteroatoms. The third-order valence-corrected chi connectivity index (χ3v) is 6.92. The van der Waals surface area contributed by atoms with E-state index < -0.39 is 23.7 Å². The Morgan fingerprint density at radius 3 is 2.34 bits per heavy atom. The van der Waals surface area contributed by atoms with E-state index in [0.29, 0.717) is 29.0 Å². The van der Waals surface area contributed by atoms with Gasteiger partial charge in [0.1, 0.15) is 11.5 Å². The van der Waals surface area contributed by atoms with Gasteiger partial charge in [-0.25, -0.2) is 4.79 Å². The van der Waals surface area contributed by atoms with Crippen molar-refractivity contribution in [1.29, 1.82) is 0 Å². The smallest absolute Gasteiger partial charge is 0.337 e. The Morgan fingerprint density at radius 1 is 1.00 bits per heavy atom. The molecule has 2 aliphatic rings. The van der Waals surface area contributed by atoms with Gasteiger partial charge in [-0.05, 0) is 78.6 Å². The highest BCUT2D eigenvalue weighted by molar-refractivity contribution is 6.51. The summed E-state index contributed by atoms with van der Waals surface area (Å²) in [4.78, 5) is 42.1. The molecule has 1 fully saturated rings. The molecule has 8 nitrogen and oxygen atoms in total. The zero-order valence-corrected chi connectivity index (χ0v) is 21.4. The number of Topliss-reactive ketones (excluding diaryl/α,β-unsaturated/α-hetero) is 1. The highest BCUT2D eigenvalue weighted by Crippen LogP contribution is 2.43. The average molecular weight is 513 g/mol. The first-order valence-electron chi connectivity index (χ1n) is 12.3. The van der Waals surface area contributed by atoms with Crippen molar-refractivity contribution in [3.63, 3.8) is 0 Å². The van der Waals surface area contributed by atoms with Crippen LogP contribution in [0.25, 0.3) is 5.76 Å². The predicted molar refractivity (Wildman–Crippen MR) is 144 cm³/mol. The van der Waals surface area contributed by atoms with Crippen LogP contribution in [-0.2, 0) is 20.7 Å². The van der Waals surface area contributed by atoms with Gasteiger partial charge in [0.2, 0.25) is 0 Å². The molecule has 5 rings (SSSR count). The van der Waals surface area contributed by atoms with Crippen molar-refractivity contribution in [2.75, 3.05) is 37.6 Å². The summed E-state index contributed by atoms with van der Waals surface area (Å²) in [5.41, 5.74) is 3.73. The van der Waals surface area contributed by atoms with Crippen molar-refractivity contribution in [3.05, 3.63) is 94.6 Å². The number of benzene rings is 3. The van der Waals surface area contributed by atoms with Gasteiger partial charge in [-0.1, -0.05) is 12.1 Å². The summed E-state index contributed by atoms with van der Waals surface area (Å²) >= 11 is 0. The molecule has 1 amide bonds. The normalized spacial score (nSPS) is 18.1. The molecule has 194 valence electrons. The third kappa shape index (κ3) is 4.38. The van der Waals surface area contributed by atoms with E-state index in [9.17, 15) is 19.5 Å². The number of hydrogen-bond acceptors (Lipinski definition) is 7. The van der Waals surface area contributed by atoms with E-state index in [4.69, 9.17) is 9.47 Å². The fourth-order valence-electron chi connectivity index (χ4n) is 4.91. The number of aliphatic hydroxyl groups excluding tert-OH is 1. The first kappa shape index (κ1) is 25.1. The number of carbonyl (C=O) groups excluding carboxylic acids is 3. The standard InChI is InChI=1S/C30H28N2O6/c1-31(2)22-11-6-18(7-12-22)26-25(27(33)21-10-15-24-20(17-21)5-4-16-38-24)28(34)29(35)32(26)23-13-8-19(9-14-23)30(36)37-3/h6-15,17,26,33H,4-5,16H2,1-3H3/b27-25-. The molecular formula is C30H28N2O6. The highest BCUT2D eigenvalue weighted by atomic mass is 16.5. The molecule has 3 aromatic rings. The molecule has 1 unspecified atom stereocenters. The Labute approximate surface area is 220 Å². The van der Waals surface area contributed by atoms with Crippen molar-refractivity contribution in [1.82, 2.24) is 0 Å². The number of nitrogens with zero attached hydrogens (tertiary/aromatic N) is 2. The van der Waals surface area contributed by atoms with Crippen LogP contribution in [0.5, 0.6) is 5.75 Å². The molecule has 0 radical (unpaired) electrons. The van der Waals surface area contributed by atoms with Crippen LogP contribution in [0.1, 0.15) is 39.5 Å². The Hall–Kier alpha value is -4.59. The molecule has 0 saturated carbocycles. The molecular weight excluding hydrogens is 484 g/mol. The van der Waals surface area contributed by atoms with Gasteiger partial charge in [-0.2, -0.15) is 0 Å². The summed E-state index contributed by atoms with van der Waals surface area (Å²) in [6.07, 6.45) is 1.66. The molecule has 2 heterocycles. The SMILES string of the molecule is COC(=O)c1ccc(N2C(=O)C(=O)/C(=C(\O)c3ccc4c(c3)CCCO4)C2c2ccc(N(C)C)cc2)cc1. The summed E-state index contributed by atoms with van der Waals surface area (Å²) in [6.45, 7) is 0.640. The fraction of sp³-hybridized carbons (Fsp3) is 0.233. The van der Waals surface area contributed by atoms with Gasteiger partial charge in [-0.3, -0.25) is 14.5 Å². The van der Waals surface area contributed by atoms with Gasteiger partial charge in [0.05, 0.1) is 30.9 Å². The number of methoxy groups -OCH3 is 1. The van der Waals surface area contributed by atoms with Gasteiger partial charge in [0.15, 0.2) is 0 Å². The first-order valence-corrected chi connectivity index (χ1v) is 12.3. The summed E-state index contributed by atoms with van der Waals surface area (Å²) in [7, 11) is 5.13. The van der Waals surface area contributed by atoms with Crippen LogP contribution in [0.2, 0.25) is 0 Å². The topological polar surface area (TPSA) is 96.4 Å². The number of rotatable bonds is 5. The molecule has 0 aromatic heterocycles. The van der Waals surface area contributed by atoms with Crippen LogP contribution in [0.3, 0.4) is 0 Å². The lowest BCUT2D eigenvalue weighted by molar-refractivity contribution is -0.132. The predicted octanol–water partition coefficient (Wildman–Crippen LogP) is 4.49. The van der Waals surface area contributed by atoms with Crippen molar-refractivity contribution < 1.29 is 29.0 Å². The second-order valence-electron chi connectivity index (χ2n) is 9.47. The quantitative estimate of drug-likeness (QED) is 0.233. The Morgan fingerprint density at radius 2 is 1.68 bits per heavy atom. The zero-order valence-electron chi connectivity index (χ0n) is 21.4. The Kier molecular flexibility index (Phi) is 6.63. The summed E-state index contributed by atoms with van der Waals surface area (Å²) in [5.74, 6) is -1.54. The molecule has 0 aliphatic carbocycles. The van der Waals surface area contributed by atoms with Crippen LogP contribution in [-0.4, -0.2) is 50.6 Å². The molecule has 0 spiro atoms. The van der Waals surface area contributed by atoms with E-state index in [-0.39, 0.29) is 11.3 Å². The molecule has 1 saturated heterocycles. The summed E-state index contributed by atoms with van der Waals surface area (Å²) in [6, 6.07) is 18.2. The van der Waals surface area contributed by atoms with E-state index >= 15 is 0 Å². The first-order chi connectivity index (χ1) is 18.3. The van der Waals surface area contributed by atoms with Crippen molar-refractivity contribution >= 4 is 34.8 Å². The maximum Gasteiger partial charge on any atom is 0.337 e. The Bertz CT molecular complexity index is 1440. The summed E-state index contributed by atoms with van der Waals surface area (Å²) in [5, 5.41) is 11.5.